The molecule has 0 aliphatic carbocycles. The molecule has 0 amide bonds. The Morgan fingerprint density at radius 1 is 1.00 bits per heavy atom. The summed E-state index contributed by atoms with van der Waals surface area (Å²) in [5.41, 5.74) is 0.285. The molecule has 0 heterocycles. The summed E-state index contributed by atoms with van der Waals surface area (Å²) in [5.74, 6) is 0.119. The molecular formula is C15H9Br3O4. The predicted molar refractivity (Wildman–Crippen MR) is 92.5 cm³/mol. The fraction of sp³-hybridized carbons (Fsp3) is 0.0667. The van der Waals surface area contributed by atoms with Gasteiger partial charge in [0.1, 0.15) is 11.5 Å². The van der Waals surface area contributed by atoms with Crippen LogP contribution in [0.25, 0.3) is 0 Å². The lowest BCUT2D eigenvalue weighted by molar-refractivity contribution is -0.136. The molecule has 0 radical (unpaired) electrons. The molecule has 0 unspecified atom stereocenters. The van der Waals surface area contributed by atoms with Crippen LogP contribution in [0, 0.1) is 0 Å². The predicted octanol–water partition coefficient (Wildman–Crippen LogP) is 4.77. The smallest absolute Gasteiger partial charge is 0.349 e. The van der Waals surface area contributed by atoms with E-state index < -0.39 is 5.97 Å². The van der Waals surface area contributed by atoms with E-state index in [9.17, 15) is 9.59 Å². The molecule has 0 aliphatic rings. The number of benzene rings is 2. The number of carbonyl (C=O) groups is 2. The minimum Gasteiger partial charge on any atom is -0.481 e. The van der Waals surface area contributed by atoms with Gasteiger partial charge in [-0.2, -0.15) is 0 Å². The third-order valence-corrected chi connectivity index (χ3v) is 4.17. The first-order valence-corrected chi connectivity index (χ1v) is 8.41. The van der Waals surface area contributed by atoms with Gasteiger partial charge in [-0.05, 0) is 52.3 Å². The van der Waals surface area contributed by atoms with E-state index in [1.54, 1.807) is 36.4 Å². The summed E-state index contributed by atoms with van der Waals surface area (Å²) in [6.07, 6.45) is 0.625. The minimum atomic E-state index is -0.597. The van der Waals surface area contributed by atoms with E-state index in [0.29, 0.717) is 16.5 Å². The highest BCUT2D eigenvalue weighted by atomic mass is 79.9. The van der Waals surface area contributed by atoms with Gasteiger partial charge in [0.2, 0.25) is 0 Å². The van der Waals surface area contributed by atoms with Crippen molar-refractivity contribution in [3.05, 3.63) is 55.4 Å². The first-order valence-electron chi connectivity index (χ1n) is 6.03. The van der Waals surface area contributed by atoms with Crippen LogP contribution in [-0.2, 0) is 4.79 Å². The van der Waals surface area contributed by atoms with Crippen LogP contribution in [0.3, 0.4) is 0 Å². The monoisotopic (exact) mass is 490 g/mol. The van der Waals surface area contributed by atoms with Crippen molar-refractivity contribution in [2.24, 2.45) is 0 Å². The fourth-order valence-electron chi connectivity index (χ4n) is 1.59. The lowest BCUT2D eigenvalue weighted by Gasteiger charge is -2.09. The Morgan fingerprint density at radius 3 is 2.27 bits per heavy atom. The zero-order chi connectivity index (χ0) is 16.1. The zero-order valence-electron chi connectivity index (χ0n) is 11.0. The summed E-state index contributed by atoms with van der Waals surface area (Å²) >= 11 is 9.91. The van der Waals surface area contributed by atoms with Crippen LogP contribution in [0.15, 0.2) is 49.8 Å². The molecule has 22 heavy (non-hydrogen) atoms. The molecule has 0 atom stereocenters. The van der Waals surface area contributed by atoms with Crippen molar-refractivity contribution in [1.82, 2.24) is 0 Å². The molecule has 0 N–H and O–H groups in total. The van der Waals surface area contributed by atoms with Crippen LogP contribution in [0.1, 0.15) is 10.4 Å². The van der Waals surface area contributed by atoms with E-state index in [2.05, 4.69) is 47.8 Å². The van der Waals surface area contributed by atoms with Crippen molar-refractivity contribution in [3.8, 4) is 11.5 Å². The molecule has 0 spiro atoms. The Morgan fingerprint density at radius 2 is 1.64 bits per heavy atom. The van der Waals surface area contributed by atoms with Crippen molar-refractivity contribution in [1.29, 1.82) is 0 Å². The highest BCUT2D eigenvalue weighted by molar-refractivity contribution is 9.11. The lowest BCUT2D eigenvalue weighted by Crippen LogP contribution is -2.18. The van der Waals surface area contributed by atoms with Gasteiger partial charge in [-0.15, -0.1) is 0 Å². The molecule has 0 fully saturated rings. The van der Waals surface area contributed by atoms with E-state index in [1.807, 2.05) is 0 Å². The van der Waals surface area contributed by atoms with E-state index in [1.165, 1.54) is 0 Å². The van der Waals surface area contributed by atoms with Gasteiger partial charge in [0, 0.05) is 8.95 Å². The summed E-state index contributed by atoms with van der Waals surface area (Å²) in [4.78, 5) is 22.8. The summed E-state index contributed by atoms with van der Waals surface area (Å²) in [6.45, 7) is -0.269. The Hall–Kier alpha value is -1.18. The second kappa shape index (κ2) is 7.89. The molecule has 0 aliphatic heterocycles. The number of hydrogen-bond acceptors (Lipinski definition) is 4. The van der Waals surface area contributed by atoms with Crippen LogP contribution >= 0.6 is 47.8 Å². The largest absolute Gasteiger partial charge is 0.481 e. The van der Waals surface area contributed by atoms with Crippen molar-refractivity contribution >= 4 is 60.0 Å². The van der Waals surface area contributed by atoms with Crippen molar-refractivity contribution in [2.75, 3.05) is 6.61 Å². The zero-order valence-corrected chi connectivity index (χ0v) is 15.8. The molecule has 0 bridgehead atoms. The maximum atomic E-state index is 11.8. The third kappa shape index (κ3) is 4.66. The Balaban J connectivity index is 2.00. The van der Waals surface area contributed by atoms with Gasteiger partial charge in [0.05, 0.1) is 10.0 Å². The van der Waals surface area contributed by atoms with Crippen LogP contribution in [0.2, 0.25) is 0 Å². The average molecular weight is 493 g/mol. The van der Waals surface area contributed by atoms with Gasteiger partial charge in [-0.3, -0.25) is 4.79 Å². The fourth-order valence-corrected chi connectivity index (χ4v) is 3.13. The van der Waals surface area contributed by atoms with Crippen LogP contribution in [0.4, 0.5) is 0 Å². The molecular weight excluding hydrogens is 484 g/mol. The summed E-state index contributed by atoms with van der Waals surface area (Å²) in [5, 5.41) is 0. The van der Waals surface area contributed by atoms with E-state index in [0.717, 1.165) is 8.95 Å². The standard InChI is InChI=1S/C15H9Br3O4/c16-10-1-3-13(9(5-10)7-19)22-15(20)8-21-14-4-2-11(17)6-12(14)18/h1-7H,8H2. The van der Waals surface area contributed by atoms with Gasteiger partial charge in [0.25, 0.3) is 0 Å². The number of hydrogen-bond donors (Lipinski definition) is 0. The number of aldehydes is 1. The number of halogens is 3. The minimum absolute atomic E-state index is 0.196. The Kier molecular flexibility index (Phi) is 6.16. The highest BCUT2D eigenvalue weighted by Crippen LogP contribution is 2.28. The molecule has 114 valence electrons. The first kappa shape index (κ1) is 17.2. The van der Waals surface area contributed by atoms with Gasteiger partial charge in [-0.1, -0.05) is 31.9 Å². The Labute approximate surface area is 152 Å². The molecule has 0 saturated carbocycles. The Bertz CT molecular complexity index is 716. The summed E-state index contributed by atoms with van der Waals surface area (Å²) in [7, 11) is 0. The normalized spacial score (nSPS) is 10.1. The maximum Gasteiger partial charge on any atom is 0.349 e. The summed E-state index contributed by atoms with van der Waals surface area (Å²) in [6, 6.07) is 10.1. The van der Waals surface area contributed by atoms with Gasteiger partial charge in [0.15, 0.2) is 12.9 Å². The van der Waals surface area contributed by atoms with Gasteiger partial charge < -0.3 is 9.47 Å². The molecule has 7 heteroatoms. The highest BCUT2D eigenvalue weighted by Gasteiger charge is 2.11. The van der Waals surface area contributed by atoms with E-state index >= 15 is 0 Å². The van der Waals surface area contributed by atoms with E-state index in [4.69, 9.17) is 9.47 Å². The lowest BCUT2D eigenvalue weighted by atomic mass is 10.2. The molecule has 2 aromatic rings. The third-order valence-electron chi connectivity index (χ3n) is 2.56. The molecule has 0 aromatic heterocycles. The molecule has 2 rings (SSSR count). The maximum absolute atomic E-state index is 11.8. The molecule has 0 saturated heterocycles. The summed E-state index contributed by atoms with van der Waals surface area (Å²) < 4.78 is 12.8. The second-order valence-corrected chi connectivity index (χ2v) is 6.82. The quantitative estimate of drug-likeness (QED) is 0.343. The number of carbonyl (C=O) groups excluding carboxylic acids is 2. The van der Waals surface area contributed by atoms with Crippen LogP contribution < -0.4 is 9.47 Å². The SMILES string of the molecule is O=Cc1cc(Br)ccc1OC(=O)COc1ccc(Br)cc1Br. The van der Waals surface area contributed by atoms with Crippen molar-refractivity contribution in [3.63, 3.8) is 0 Å². The topological polar surface area (TPSA) is 52.6 Å². The van der Waals surface area contributed by atoms with E-state index in [-0.39, 0.29) is 17.9 Å². The second-order valence-electron chi connectivity index (χ2n) is 4.14. The molecule has 2 aromatic carbocycles. The number of ether oxygens (including phenoxy) is 2. The number of esters is 1. The molecule has 4 nitrogen and oxygen atoms in total. The van der Waals surface area contributed by atoms with Gasteiger partial charge in [-0.25, -0.2) is 4.79 Å². The van der Waals surface area contributed by atoms with Gasteiger partial charge >= 0.3 is 5.97 Å². The van der Waals surface area contributed by atoms with Crippen molar-refractivity contribution < 1.29 is 19.1 Å². The first-order chi connectivity index (χ1) is 10.5. The average Bonchev–Trinajstić information content (AvgIpc) is 2.48. The number of rotatable bonds is 5. The van der Waals surface area contributed by atoms with Crippen molar-refractivity contribution in [2.45, 2.75) is 0 Å². The van der Waals surface area contributed by atoms with Crippen LogP contribution in [-0.4, -0.2) is 18.9 Å². The van der Waals surface area contributed by atoms with Crippen LogP contribution in [0.5, 0.6) is 11.5 Å².